The maximum Gasteiger partial charge on any atom is 0.613 e. The standard InChI is InChI=1S/C75H102N15O30P/c1-5-37(3)62(72(113)79-36-61(103)104)87-67(108)47(24-26-58(97)98)82-73(114)63(38(4)6-2)88-69(110)49(33-59(99)100)80-56(94)35-78-65(106)48(30-41-15-21-44(22-16-41)120-121(117,118)119)83-68(109)50(34-60(101)102)84-66(107)46(23-25-57(95)96)81-70(111)53-9-7-27-89(53)74(115)51(31-40-13-19-43(92)20-14-40)86-71(112)54-10-8-28-90(54)75(116)52(32-55(77)93)85-64(105)45(76)29-39-11-17-42(91)18-12-39/h11-22,37-38,45-54,62-63,117-119H,5-10,23-36,76H2,1-4H3,(H19-,77,78,79,80,81,82,83,84,85,86,87,88,91,92,93,94,95,96,97,98,99,100,101,102,103,104,105,106,107,108,109,110,111,112,113,114)/p+1/t37-,38-,45-,46-,47-,48-,49-,50-,51-,52-,53-,54-,62-,63-/m0/s1. The first-order valence-corrected chi connectivity index (χ1v) is 39.9. The van der Waals surface area contributed by atoms with Crippen LogP contribution in [0, 0.1) is 11.8 Å². The number of nitrogens with zero attached hydrogens (tertiary/aromatic N) is 2. The number of rotatable bonds is 49. The number of carbonyl (C=O) groups excluding carboxylic acids is 14. The lowest BCUT2D eigenvalue weighted by Gasteiger charge is -2.32. The van der Waals surface area contributed by atoms with Gasteiger partial charge in [0.1, 0.15) is 84.5 Å². The Bertz CT molecular complexity index is 4250. The molecule has 662 valence electrons. The first-order valence-electron chi connectivity index (χ1n) is 38.3. The molecule has 2 aliphatic rings. The summed E-state index contributed by atoms with van der Waals surface area (Å²) in [5.41, 5.74) is 12.6. The average molecular weight is 1730 g/mol. The molecule has 2 fully saturated rings. The van der Waals surface area contributed by atoms with Crippen molar-refractivity contribution in [2.45, 2.75) is 203 Å². The van der Waals surface area contributed by atoms with E-state index in [2.05, 4.69) is 63.0 Å². The minimum absolute atomic E-state index is 0.00221. The van der Waals surface area contributed by atoms with Crippen molar-refractivity contribution in [2.75, 3.05) is 26.2 Å². The summed E-state index contributed by atoms with van der Waals surface area (Å²) in [6.45, 7) is 3.90. The second-order valence-electron chi connectivity index (χ2n) is 29.0. The normalized spacial score (nSPS) is 16.7. The van der Waals surface area contributed by atoms with Crippen molar-refractivity contribution in [3.63, 3.8) is 0 Å². The predicted molar refractivity (Wildman–Crippen MR) is 417 cm³/mol. The van der Waals surface area contributed by atoms with E-state index in [1.54, 1.807) is 13.8 Å². The van der Waals surface area contributed by atoms with Crippen molar-refractivity contribution in [1.29, 1.82) is 0 Å². The van der Waals surface area contributed by atoms with Crippen LogP contribution in [-0.2, 0) is 110 Å². The van der Waals surface area contributed by atoms with E-state index in [1.165, 1.54) is 62.4 Å². The Kier molecular flexibility index (Phi) is 38.5. The van der Waals surface area contributed by atoms with Gasteiger partial charge in [-0.25, -0.2) is 0 Å². The number of amides is 14. The molecule has 46 heteroatoms. The molecule has 0 bridgehead atoms. The highest BCUT2D eigenvalue weighted by Crippen LogP contribution is 2.46. The molecule has 0 aromatic heterocycles. The van der Waals surface area contributed by atoms with Crippen LogP contribution in [0.25, 0.3) is 0 Å². The van der Waals surface area contributed by atoms with Crippen LogP contribution in [-0.4, -0.2) is 271 Å². The van der Waals surface area contributed by atoms with Gasteiger partial charge in [0, 0.05) is 38.8 Å². The number of nitrogens with two attached hydrogens (primary N) is 2. The number of hydrogen-bond donors (Lipinski definition) is 23. The highest BCUT2D eigenvalue weighted by Gasteiger charge is 2.45. The molecule has 45 nitrogen and oxygen atoms in total. The maximum atomic E-state index is 15.0. The molecule has 5 rings (SSSR count). The summed E-state index contributed by atoms with van der Waals surface area (Å²) in [5.74, 6) is -25.8. The van der Waals surface area contributed by atoms with Gasteiger partial charge in [0.15, 0.2) is 5.75 Å². The molecule has 0 spiro atoms. The Labute approximate surface area is 691 Å². The largest absolute Gasteiger partial charge is 0.613 e. The Morgan fingerprint density at radius 3 is 1.28 bits per heavy atom. The van der Waals surface area contributed by atoms with Crippen molar-refractivity contribution in [2.24, 2.45) is 23.3 Å². The SMILES string of the molecule is CC[C@H](C)[C@H](NC(=O)[C@H](CCC(=O)O)NC(=O)[C@@H](NC(=O)[C@H](CC(=O)O)NC(=O)CNC(=O)[C@H](Cc1ccc(O[P+](O)(O)O)cc1)NC(=O)[C@H](CC(=O)O)NC(=O)[C@H](CCC(=O)O)NC(=O)[C@@H]1CCCN1C(=O)[C@H](Cc1ccc(O)cc1)NC(=O)[C@@H]1CCCN1C(=O)[C@H](CC(N)=O)NC(=O)[C@@H](N)Cc1ccc(O)cc1)[C@@H](C)CC)C(=O)NCC(=O)O. The maximum absolute atomic E-state index is 15.0. The Balaban J connectivity index is 1.37. The first-order chi connectivity index (χ1) is 56.9. The molecular formula is C75H103N15O30P+. The van der Waals surface area contributed by atoms with Gasteiger partial charge in [0.25, 0.3) is 0 Å². The van der Waals surface area contributed by atoms with Crippen LogP contribution >= 0.6 is 8.17 Å². The zero-order valence-electron chi connectivity index (χ0n) is 66.3. The first kappa shape index (κ1) is 98.8. The van der Waals surface area contributed by atoms with Crippen LogP contribution in [0.3, 0.4) is 0 Å². The summed E-state index contributed by atoms with van der Waals surface area (Å²) < 4.78 is 4.69. The van der Waals surface area contributed by atoms with Crippen molar-refractivity contribution < 1.29 is 146 Å². The second kappa shape index (κ2) is 47.2. The van der Waals surface area contributed by atoms with Crippen LogP contribution in [0.5, 0.6) is 17.2 Å². The van der Waals surface area contributed by atoms with Gasteiger partial charge in [-0.15, -0.1) is 0 Å². The second-order valence-corrected chi connectivity index (χ2v) is 30.2. The van der Waals surface area contributed by atoms with Crippen molar-refractivity contribution in [1.82, 2.24) is 68.3 Å². The third-order valence-corrected chi connectivity index (χ3v) is 20.1. The fourth-order valence-electron chi connectivity index (χ4n) is 12.9. The molecule has 25 N–H and O–H groups in total. The smallest absolute Gasteiger partial charge is 0.508 e. The number of carbonyl (C=O) groups is 19. The minimum Gasteiger partial charge on any atom is -0.508 e. The van der Waals surface area contributed by atoms with E-state index < -0.39 is 270 Å². The summed E-state index contributed by atoms with van der Waals surface area (Å²) in [7, 11) is -4.91. The van der Waals surface area contributed by atoms with Gasteiger partial charge in [0.05, 0.1) is 31.8 Å². The number of nitrogens with one attached hydrogen (secondary N) is 11. The number of likely N-dealkylation sites (tertiary alicyclic amines) is 2. The molecule has 2 heterocycles. The molecule has 0 unspecified atom stereocenters. The van der Waals surface area contributed by atoms with Gasteiger partial charge in [-0.05, 0) is 110 Å². The van der Waals surface area contributed by atoms with E-state index in [0.717, 1.165) is 34.1 Å². The van der Waals surface area contributed by atoms with E-state index in [0.29, 0.717) is 11.1 Å². The van der Waals surface area contributed by atoms with E-state index >= 15 is 0 Å². The lowest BCUT2D eigenvalue weighted by molar-refractivity contribution is -0.145. The van der Waals surface area contributed by atoms with Gasteiger partial charge in [-0.1, -0.05) is 76.9 Å². The van der Waals surface area contributed by atoms with Gasteiger partial charge in [-0.2, -0.15) is 14.7 Å². The molecule has 0 aliphatic carbocycles. The van der Waals surface area contributed by atoms with Crippen LogP contribution in [0.2, 0.25) is 0 Å². The molecule has 0 saturated carbocycles. The van der Waals surface area contributed by atoms with Crippen molar-refractivity contribution in [3.8, 4) is 17.2 Å². The van der Waals surface area contributed by atoms with Gasteiger partial charge in [-0.3, -0.25) is 95.6 Å². The topological polar surface area (TPSA) is 727 Å². The zero-order valence-corrected chi connectivity index (χ0v) is 67.2. The van der Waals surface area contributed by atoms with Crippen LogP contribution in [0.15, 0.2) is 72.8 Å². The highest BCUT2D eigenvalue weighted by molar-refractivity contribution is 7.53. The summed E-state index contributed by atoms with van der Waals surface area (Å²) in [4.78, 5) is 287. The zero-order chi connectivity index (χ0) is 90.3. The summed E-state index contributed by atoms with van der Waals surface area (Å²) >= 11 is 0. The van der Waals surface area contributed by atoms with Gasteiger partial charge in [0.2, 0.25) is 82.7 Å². The van der Waals surface area contributed by atoms with Crippen molar-refractivity contribution >= 4 is 121 Å². The average Bonchev–Trinajstić information content (AvgIpc) is 1.71. The lowest BCUT2D eigenvalue weighted by Crippen LogP contribution is -2.61. The van der Waals surface area contributed by atoms with Gasteiger partial charge < -0.3 is 115 Å². The Morgan fingerprint density at radius 1 is 0.430 bits per heavy atom. The monoisotopic (exact) mass is 1720 g/mol. The quantitative estimate of drug-likeness (QED) is 0.0235. The fourth-order valence-corrected chi connectivity index (χ4v) is 13.3. The number of carboxylic acid groups (broad SMARTS) is 5. The highest BCUT2D eigenvalue weighted by atomic mass is 31.2. The third kappa shape index (κ3) is 32.8. The van der Waals surface area contributed by atoms with E-state index in [-0.39, 0.29) is 87.3 Å². The van der Waals surface area contributed by atoms with E-state index in [4.69, 9.17) is 16.6 Å². The molecule has 14 atom stereocenters. The number of benzene rings is 3. The number of hydrogen-bond acceptors (Lipinski definition) is 26. The third-order valence-electron chi connectivity index (χ3n) is 19.7. The number of carboxylic acids is 5. The van der Waals surface area contributed by atoms with E-state index in [1.807, 2.05) is 0 Å². The lowest BCUT2D eigenvalue weighted by atomic mass is 9.96. The number of aliphatic carboxylic acids is 5. The molecule has 3 aromatic rings. The molecule has 2 saturated heterocycles. The number of phenols is 2. The van der Waals surface area contributed by atoms with Crippen LogP contribution in [0.1, 0.15) is 128 Å². The molecule has 0 radical (unpaired) electrons. The van der Waals surface area contributed by atoms with Crippen LogP contribution < -0.4 is 74.5 Å². The number of primary amides is 1. The van der Waals surface area contributed by atoms with E-state index in [9.17, 15) is 136 Å². The Morgan fingerprint density at radius 2 is 0.818 bits per heavy atom. The molecule has 2 aliphatic heterocycles. The number of aromatic hydroxyl groups is 2. The van der Waals surface area contributed by atoms with Crippen molar-refractivity contribution in [3.05, 3.63) is 89.5 Å². The minimum atomic E-state index is -4.91. The van der Waals surface area contributed by atoms with Gasteiger partial charge >= 0.3 is 38.0 Å². The molecule has 14 amide bonds. The Hall–Kier alpha value is -12.7. The molecule has 3 aromatic carbocycles. The summed E-state index contributed by atoms with van der Waals surface area (Å²) in [5, 5.41) is 93.6. The predicted octanol–water partition coefficient (Wildman–Crippen LogP) is -5.20. The number of phenolic OH excluding ortho intramolecular Hbond substituents is 2. The van der Waals surface area contributed by atoms with Crippen LogP contribution in [0.4, 0.5) is 0 Å². The fraction of sp³-hybridized carbons (Fsp3) is 0.507. The molecule has 121 heavy (non-hydrogen) atoms. The summed E-state index contributed by atoms with van der Waals surface area (Å²) in [6.07, 6.45) is -6.75. The summed E-state index contributed by atoms with van der Waals surface area (Å²) in [6, 6.07) is -4.84. The molecular weight excluding hydrogens is 1620 g/mol.